The van der Waals surface area contributed by atoms with Crippen LogP contribution in [0.5, 0.6) is 0 Å². The highest BCUT2D eigenvalue weighted by Gasteiger charge is 2.44. The molecule has 0 saturated carbocycles. The van der Waals surface area contributed by atoms with Crippen molar-refractivity contribution in [3.05, 3.63) is 10.1 Å². The zero-order valence-corrected chi connectivity index (χ0v) is 6.65. The van der Waals surface area contributed by atoms with E-state index >= 15 is 0 Å². The van der Waals surface area contributed by atoms with Crippen LogP contribution in [0.1, 0.15) is 20.3 Å². The first-order valence-corrected chi connectivity index (χ1v) is 3.46. The highest BCUT2D eigenvalue weighted by Crippen LogP contribution is 2.20. The Kier molecular flexibility index (Phi) is 3.41. The van der Waals surface area contributed by atoms with Gasteiger partial charge in [-0.2, -0.15) is 0 Å². The molecule has 0 radical (unpaired) electrons. The van der Waals surface area contributed by atoms with Gasteiger partial charge in [0.1, 0.15) is 6.61 Å². The lowest BCUT2D eigenvalue weighted by molar-refractivity contribution is -0.639. The van der Waals surface area contributed by atoms with E-state index in [9.17, 15) is 15.2 Å². The molecule has 0 rings (SSSR count). The number of aliphatic hydroxyl groups is 2. The average Bonchev–Trinajstić information content (AvgIpc) is 2.01. The summed E-state index contributed by atoms with van der Waals surface area (Å²) in [6.07, 6.45) is 0.456. The standard InChI is InChI=1S/C6H13NO4/c1-3-5(2)6(9,4-8)7(10)11/h5,8-9H,3-4H2,1-2H3. The fraction of sp³-hybridized carbons (Fsp3) is 1.00. The van der Waals surface area contributed by atoms with Crippen LogP contribution in [0, 0.1) is 16.0 Å². The Morgan fingerprint density at radius 2 is 2.18 bits per heavy atom. The number of nitro groups is 1. The average molecular weight is 163 g/mol. The zero-order chi connectivity index (χ0) is 9.07. The molecule has 0 heterocycles. The van der Waals surface area contributed by atoms with Gasteiger partial charge in [-0.15, -0.1) is 0 Å². The quantitative estimate of drug-likeness (QED) is 0.347. The smallest absolute Gasteiger partial charge is 0.347 e. The summed E-state index contributed by atoms with van der Waals surface area (Å²) in [6.45, 7) is 2.41. The second-order valence-electron chi connectivity index (χ2n) is 2.60. The van der Waals surface area contributed by atoms with Gasteiger partial charge in [0.15, 0.2) is 0 Å². The Morgan fingerprint density at radius 1 is 1.73 bits per heavy atom. The topological polar surface area (TPSA) is 83.6 Å². The van der Waals surface area contributed by atoms with Crippen molar-refractivity contribution in [1.82, 2.24) is 0 Å². The van der Waals surface area contributed by atoms with Gasteiger partial charge >= 0.3 is 5.72 Å². The molecule has 11 heavy (non-hydrogen) atoms. The van der Waals surface area contributed by atoms with Crippen molar-refractivity contribution in [1.29, 1.82) is 0 Å². The molecule has 0 aromatic rings. The lowest BCUT2D eigenvalue weighted by Crippen LogP contribution is -2.47. The predicted octanol–water partition coefficient (Wildman–Crippen LogP) is -0.00990. The van der Waals surface area contributed by atoms with E-state index in [-0.39, 0.29) is 0 Å². The lowest BCUT2D eigenvalue weighted by Gasteiger charge is -2.21. The summed E-state index contributed by atoms with van der Waals surface area (Å²) in [7, 11) is 0. The maximum atomic E-state index is 10.2. The molecule has 0 fully saturated rings. The van der Waals surface area contributed by atoms with E-state index in [2.05, 4.69) is 0 Å². The molecule has 0 aromatic carbocycles. The van der Waals surface area contributed by atoms with Crippen LogP contribution in [0.3, 0.4) is 0 Å². The number of rotatable bonds is 4. The first-order chi connectivity index (χ1) is 4.99. The van der Waals surface area contributed by atoms with Crippen molar-refractivity contribution in [2.45, 2.75) is 26.0 Å². The number of nitrogens with zero attached hydrogens (tertiary/aromatic N) is 1. The fourth-order valence-electron chi connectivity index (χ4n) is 0.720. The van der Waals surface area contributed by atoms with E-state index in [1.807, 2.05) is 0 Å². The Balaban J connectivity index is 4.45. The first-order valence-electron chi connectivity index (χ1n) is 3.46. The maximum absolute atomic E-state index is 10.2. The molecule has 5 nitrogen and oxygen atoms in total. The summed E-state index contributed by atoms with van der Waals surface area (Å²) in [6, 6.07) is 0. The molecule has 0 saturated heterocycles. The van der Waals surface area contributed by atoms with E-state index in [4.69, 9.17) is 5.11 Å². The fourth-order valence-corrected chi connectivity index (χ4v) is 0.720. The first kappa shape index (κ1) is 10.3. The van der Waals surface area contributed by atoms with E-state index in [0.717, 1.165) is 0 Å². The second kappa shape index (κ2) is 3.64. The summed E-state index contributed by atoms with van der Waals surface area (Å²) in [4.78, 5) is 9.40. The zero-order valence-electron chi connectivity index (χ0n) is 6.65. The molecule has 0 aliphatic rings. The van der Waals surface area contributed by atoms with Crippen LogP contribution >= 0.6 is 0 Å². The maximum Gasteiger partial charge on any atom is 0.347 e. The van der Waals surface area contributed by atoms with E-state index in [1.165, 1.54) is 6.92 Å². The van der Waals surface area contributed by atoms with Gasteiger partial charge < -0.3 is 10.2 Å². The van der Waals surface area contributed by atoms with Gasteiger partial charge in [-0.3, -0.25) is 10.1 Å². The number of hydrogen-bond donors (Lipinski definition) is 2. The van der Waals surface area contributed by atoms with Crippen molar-refractivity contribution >= 4 is 0 Å². The van der Waals surface area contributed by atoms with Gasteiger partial charge in [-0.05, 0) is 6.42 Å². The summed E-state index contributed by atoms with van der Waals surface area (Å²) < 4.78 is 0. The third kappa shape index (κ3) is 1.87. The van der Waals surface area contributed by atoms with Crippen LogP contribution < -0.4 is 0 Å². The molecule has 0 aliphatic heterocycles. The number of hydrogen-bond acceptors (Lipinski definition) is 4. The van der Waals surface area contributed by atoms with E-state index in [0.29, 0.717) is 6.42 Å². The molecule has 2 unspecified atom stereocenters. The van der Waals surface area contributed by atoms with Crippen molar-refractivity contribution in [3.63, 3.8) is 0 Å². The minimum Gasteiger partial charge on any atom is -0.386 e. The Bertz CT molecular complexity index is 150. The summed E-state index contributed by atoms with van der Waals surface area (Å²) in [5.74, 6) is -0.539. The van der Waals surface area contributed by atoms with Gasteiger partial charge in [-0.25, -0.2) is 0 Å². The molecule has 0 aliphatic carbocycles. The normalized spacial score (nSPS) is 18.9. The van der Waals surface area contributed by atoms with Crippen LogP contribution in [-0.4, -0.2) is 27.5 Å². The molecule has 0 bridgehead atoms. The molecular formula is C6H13NO4. The second-order valence-corrected chi connectivity index (χ2v) is 2.60. The minimum absolute atomic E-state index is 0.456. The summed E-state index contributed by atoms with van der Waals surface area (Å²) in [5.41, 5.74) is -2.17. The van der Waals surface area contributed by atoms with Gasteiger partial charge in [0.25, 0.3) is 0 Å². The lowest BCUT2D eigenvalue weighted by atomic mass is 9.96. The molecule has 0 amide bonds. The summed E-state index contributed by atoms with van der Waals surface area (Å²) in [5, 5.41) is 28.0. The van der Waals surface area contributed by atoms with Crippen LogP contribution in [0.25, 0.3) is 0 Å². The van der Waals surface area contributed by atoms with Crippen LogP contribution in [-0.2, 0) is 0 Å². The molecule has 2 N–H and O–H groups in total. The van der Waals surface area contributed by atoms with Gasteiger partial charge in [0.2, 0.25) is 0 Å². The van der Waals surface area contributed by atoms with Crippen molar-refractivity contribution < 1.29 is 15.1 Å². The Morgan fingerprint density at radius 3 is 2.27 bits per heavy atom. The molecule has 2 atom stereocenters. The van der Waals surface area contributed by atoms with Crippen LogP contribution in [0.2, 0.25) is 0 Å². The van der Waals surface area contributed by atoms with E-state index < -0.39 is 23.2 Å². The van der Waals surface area contributed by atoms with Gasteiger partial charge in [0.05, 0.1) is 10.8 Å². The summed E-state index contributed by atoms with van der Waals surface area (Å²) >= 11 is 0. The molecule has 66 valence electrons. The molecular weight excluding hydrogens is 150 g/mol. The van der Waals surface area contributed by atoms with Gasteiger partial charge in [0, 0.05) is 0 Å². The third-order valence-electron chi connectivity index (χ3n) is 1.95. The molecule has 5 heteroatoms. The third-order valence-corrected chi connectivity index (χ3v) is 1.95. The minimum atomic E-state index is -2.17. The Hall–Kier alpha value is -0.680. The highest BCUT2D eigenvalue weighted by molar-refractivity contribution is 4.70. The SMILES string of the molecule is CCC(C)C(O)(CO)[N+](=O)[O-]. The van der Waals surface area contributed by atoms with Crippen molar-refractivity contribution in [2.75, 3.05) is 6.61 Å². The van der Waals surface area contributed by atoms with Crippen molar-refractivity contribution in [3.8, 4) is 0 Å². The monoisotopic (exact) mass is 163 g/mol. The predicted molar refractivity (Wildman–Crippen MR) is 38.5 cm³/mol. The largest absolute Gasteiger partial charge is 0.386 e. The van der Waals surface area contributed by atoms with E-state index in [1.54, 1.807) is 6.92 Å². The Labute approximate surface area is 64.8 Å². The van der Waals surface area contributed by atoms with Crippen LogP contribution in [0.15, 0.2) is 0 Å². The molecule has 0 aromatic heterocycles. The van der Waals surface area contributed by atoms with Crippen LogP contribution in [0.4, 0.5) is 0 Å². The highest BCUT2D eigenvalue weighted by atomic mass is 16.7. The molecule has 0 spiro atoms. The van der Waals surface area contributed by atoms with Gasteiger partial charge in [-0.1, -0.05) is 13.8 Å². The van der Waals surface area contributed by atoms with Crippen molar-refractivity contribution in [2.24, 2.45) is 5.92 Å². The number of aliphatic hydroxyl groups excluding tert-OH is 1.